The fraction of sp³-hybridized carbons (Fsp3) is 0.0588. The van der Waals surface area contributed by atoms with Crippen LogP contribution < -0.4 is 4.74 Å². The first-order valence-electron chi connectivity index (χ1n) is 6.46. The normalized spacial score (nSPS) is 10.6. The van der Waals surface area contributed by atoms with E-state index in [1.165, 1.54) is 0 Å². The second-order valence-corrected chi connectivity index (χ2v) is 5.35. The number of rotatable bonds is 3. The van der Waals surface area contributed by atoms with Gasteiger partial charge >= 0.3 is 0 Å². The van der Waals surface area contributed by atoms with Gasteiger partial charge in [0.25, 0.3) is 0 Å². The first-order chi connectivity index (χ1) is 10.2. The molecule has 0 aliphatic rings. The number of aromatic nitrogens is 2. The molecule has 0 bridgehead atoms. The van der Waals surface area contributed by atoms with E-state index in [9.17, 15) is 0 Å². The highest BCUT2D eigenvalue weighted by molar-refractivity contribution is 9.10. The Morgan fingerprint density at radius 2 is 1.81 bits per heavy atom. The Hall–Kier alpha value is -2.20. The van der Waals surface area contributed by atoms with Crippen molar-refractivity contribution >= 4 is 33.0 Å². The van der Waals surface area contributed by atoms with Crippen molar-refractivity contribution in [2.45, 2.75) is 0 Å². The number of para-hydroxylation sites is 2. The maximum atomic E-state index is 5.23. The summed E-state index contributed by atoms with van der Waals surface area (Å²) in [4.78, 5) is 9.35. The molecule has 3 aromatic rings. The van der Waals surface area contributed by atoms with Crippen LogP contribution in [0.3, 0.4) is 0 Å². The number of hydrogen-bond acceptors (Lipinski definition) is 3. The fourth-order valence-electron chi connectivity index (χ4n) is 2.17. The average molecular weight is 341 g/mol. The number of nitrogens with zero attached hydrogens (tertiary/aromatic N) is 2. The summed E-state index contributed by atoms with van der Waals surface area (Å²) in [5, 5.41) is 0. The Balaban J connectivity index is 2.25. The molecule has 0 saturated carbocycles. The Morgan fingerprint density at radius 3 is 2.43 bits per heavy atom. The Bertz CT molecular complexity index is 830. The van der Waals surface area contributed by atoms with E-state index in [1.54, 1.807) is 13.2 Å². The third-order valence-electron chi connectivity index (χ3n) is 3.22. The molecule has 0 amide bonds. The molecule has 3 nitrogen and oxygen atoms in total. The lowest BCUT2D eigenvalue weighted by Crippen LogP contribution is -1.95. The zero-order chi connectivity index (χ0) is 14.8. The second-order valence-electron chi connectivity index (χ2n) is 4.50. The number of methoxy groups -OCH3 is 1. The van der Waals surface area contributed by atoms with E-state index in [2.05, 4.69) is 27.5 Å². The first kappa shape index (κ1) is 13.8. The highest BCUT2D eigenvalue weighted by atomic mass is 79.9. The average Bonchev–Trinajstić information content (AvgIpc) is 2.53. The van der Waals surface area contributed by atoms with Crippen molar-refractivity contribution in [2.24, 2.45) is 0 Å². The van der Waals surface area contributed by atoms with Gasteiger partial charge in [-0.25, -0.2) is 9.97 Å². The summed E-state index contributed by atoms with van der Waals surface area (Å²) in [6.07, 6.45) is 1.73. The summed E-state index contributed by atoms with van der Waals surface area (Å²) < 4.78 is 6.14. The number of halogens is 1. The quantitative estimate of drug-likeness (QED) is 0.692. The lowest BCUT2D eigenvalue weighted by Gasteiger charge is -2.10. The van der Waals surface area contributed by atoms with Crippen molar-refractivity contribution < 1.29 is 4.74 Å². The summed E-state index contributed by atoms with van der Waals surface area (Å²) >= 11 is 3.57. The van der Waals surface area contributed by atoms with Crippen LogP contribution in [0.25, 0.3) is 28.4 Å². The van der Waals surface area contributed by atoms with Crippen LogP contribution in [0.5, 0.6) is 5.75 Å². The van der Waals surface area contributed by atoms with Crippen LogP contribution in [0.15, 0.2) is 53.5 Å². The molecule has 3 rings (SSSR count). The smallest absolute Gasteiger partial charge is 0.120 e. The maximum Gasteiger partial charge on any atom is 0.120 e. The molecule has 4 heteroatoms. The van der Waals surface area contributed by atoms with Crippen LogP contribution in [-0.4, -0.2) is 17.1 Å². The molecule has 1 aromatic heterocycles. The molecule has 2 aromatic carbocycles. The number of fused-ring (bicyclic) bond motifs is 1. The molecule has 0 radical (unpaired) electrons. The van der Waals surface area contributed by atoms with E-state index in [1.807, 2.05) is 42.5 Å². The minimum absolute atomic E-state index is 0.763. The molecule has 21 heavy (non-hydrogen) atoms. The molecular formula is C17H13BrN2O. The molecule has 1 heterocycles. The van der Waals surface area contributed by atoms with Crippen LogP contribution in [-0.2, 0) is 0 Å². The van der Waals surface area contributed by atoms with E-state index < -0.39 is 0 Å². The zero-order valence-corrected chi connectivity index (χ0v) is 13.1. The van der Waals surface area contributed by atoms with Crippen molar-refractivity contribution in [2.75, 3.05) is 7.11 Å². The van der Waals surface area contributed by atoms with E-state index >= 15 is 0 Å². The van der Waals surface area contributed by atoms with Gasteiger partial charge in [-0.15, -0.1) is 0 Å². The summed E-state index contributed by atoms with van der Waals surface area (Å²) in [6.45, 7) is 3.84. The maximum absolute atomic E-state index is 5.23. The SMILES string of the molecule is C=Cc1nc2ccccc2nc1-c1ccc(OC)cc1Br. The van der Waals surface area contributed by atoms with Gasteiger partial charge in [0.2, 0.25) is 0 Å². The molecule has 104 valence electrons. The summed E-state index contributed by atoms with van der Waals surface area (Å²) in [6, 6.07) is 13.6. The third-order valence-corrected chi connectivity index (χ3v) is 3.88. The molecule has 0 unspecified atom stereocenters. The van der Waals surface area contributed by atoms with Gasteiger partial charge in [0.05, 0.1) is 29.5 Å². The monoisotopic (exact) mass is 340 g/mol. The molecule has 0 spiro atoms. The number of benzene rings is 2. The van der Waals surface area contributed by atoms with Gasteiger partial charge in [0, 0.05) is 10.0 Å². The van der Waals surface area contributed by atoms with Crippen molar-refractivity contribution in [1.82, 2.24) is 9.97 Å². The summed E-state index contributed by atoms with van der Waals surface area (Å²) in [7, 11) is 1.65. The molecule has 0 aliphatic heterocycles. The van der Waals surface area contributed by atoms with Gasteiger partial charge in [-0.3, -0.25) is 0 Å². The highest BCUT2D eigenvalue weighted by Gasteiger charge is 2.12. The van der Waals surface area contributed by atoms with Gasteiger partial charge in [-0.1, -0.05) is 18.7 Å². The molecule has 0 atom stereocenters. The van der Waals surface area contributed by atoms with E-state index in [0.717, 1.165) is 38.2 Å². The lowest BCUT2D eigenvalue weighted by atomic mass is 10.1. The Morgan fingerprint density at radius 1 is 1.10 bits per heavy atom. The van der Waals surface area contributed by atoms with E-state index in [4.69, 9.17) is 9.72 Å². The third kappa shape index (κ3) is 2.54. The molecule has 0 N–H and O–H groups in total. The Kier molecular flexibility index (Phi) is 3.71. The number of hydrogen-bond donors (Lipinski definition) is 0. The van der Waals surface area contributed by atoms with Gasteiger partial charge in [-0.2, -0.15) is 0 Å². The molecule has 0 aliphatic carbocycles. The van der Waals surface area contributed by atoms with Gasteiger partial charge in [0.15, 0.2) is 0 Å². The minimum Gasteiger partial charge on any atom is -0.497 e. The first-order valence-corrected chi connectivity index (χ1v) is 7.25. The van der Waals surface area contributed by atoms with Gasteiger partial charge in [-0.05, 0) is 52.3 Å². The van der Waals surface area contributed by atoms with Gasteiger partial charge in [0.1, 0.15) is 5.75 Å². The van der Waals surface area contributed by atoms with E-state index in [0.29, 0.717) is 0 Å². The van der Waals surface area contributed by atoms with Crippen molar-refractivity contribution in [3.8, 4) is 17.0 Å². The summed E-state index contributed by atoms with van der Waals surface area (Å²) in [5.74, 6) is 0.791. The lowest BCUT2D eigenvalue weighted by molar-refractivity contribution is 0.414. The minimum atomic E-state index is 0.763. The van der Waals surface area contributed by atoms with E-state index in [-0.39, 0.29) is 0 Å². The Labute approximate surface area is 131 Å². The number of ether oxygens (including phenoxy) is 1. The van der Waals surface area contributed by atoms with Crippen molar-refractivity contribution in [3.05, 3.63) is 59.2 Å². The van der Waals surface area contributed by atoms with Crippen LogP contribution in [0.1, 0.15) is 5.69 Å². The van der Waals surface area contributed by atoms with Crippen LogP contribution in [0.2, 0.25) is 0 Å². The standard InChI is InChI=1S/C17H13BrN2O/c1-3-14-17(12-9-8-11(21-2)10-13(12)18)20-16-7-5-4-6-15(16)19-14/h3-10H,1H2,2H3. The topological polar surface area (TPSA) is 35.0 Å². The zero-order valence-electron chi connectivity index (χ0n) is 11.5. The molecular weight excluding hydrogens is 328 g/mol. The fourth-order valence-corrected chi connectivity index (χ4v) is 2.71. The molecule has 0 fully saturated rings. The second kappa shape index (κ2) is 5.66. The van der Waals surface area contributed by atoms with Crippen LogP contribution >= 0.6 is 15.9 Å². The van der Waals surface area contributed by atoms with Crippen molar-refractivity contribution in [3.63, 3.8) is 0 Å². The molecule has 0 saturated heterocycles. The largest absolute Gasteiger partial charge is 0.497 e. The summed E-state index contributed by atoms with van der Waals surface area (Å²) in [5.41, 5.74) is 4.25. The predicted octanol–water partition coefficient (Wildman–Crippen LogP) is 4.71. The van der Waals surface area contributed by atoms with Crippen LogP contribution in [0, 0.1) is 0 Å². The highest BCUT2D eigenvalue weighted by Crippen LogP contribution is 2.33. The predicted molar refractivity (Wildman–Crippen MR) is 89.3 cm³/mol. The van der Waals surface area contributed by atoms with Crippen molar-refractivity contribution in [1.29, 1.82) is 0 Å². The van der Waals surface area contributed by atoms with Gasteiger partial charge < -0.3 is 4.74 Å². The van der Waals surface area contributed by atoms with Crippen LogP contribution in [0.4, 0.5) is 0 Å².